The Balaban J connectivity index is 2.65. The highest BCUT2D eigenvalue weighted by atomic mass is 35.5. The summed E-state index contributed by atoms with van der Waals surface area (Å²) in [5.41, 5.74) is 0.495. The second-order valence-corrected chi connectivity index (χ2v) is 5.95. The van der Waals surface area contributed by atoms with Crippen molar-refractivity contribution in [1.29, 1.82) is 0 Å². The Morgan fingerprint density at radius 1 is 1.24 bits per heavy atom. The lowest BCUT2D eigenvalue weighted by Gasteiger charge is -2.26. The molecule has 0 aromatic heterocycles. The summed E-state index contributed by atoms with van der Waals surface area (Å²) in [5.74, 6) is -0.272. The van der Waals surface area contributed by atoms with Crippen molar-refractivity contribution in [1.82, 2.24) is 0 Å². The number of ether oxygens (including phenoxy) is 1. The van der Waals surface area contributed by atoms with Crippen LogP contribution < -0.4 is 4.90 Å². The Morgan fingerprint density at radius 2 is 1.86 bits per heavy atom. The summed E-state index contributed by atoms with van der Waals surface area (Å²) in [6, 6.07) is 7.29. The number of esters is 1. The maximum absolute atomic E-state index is 11.3. The molecule has 0 saturated heterocycles. The number of hydrogen-bond acceptors (Lipinski definition) is 5. The minimum Gasteiger partial charge on any atom is -0.469 e. The molecule has 0 radical (unpaired) electrons. The molecule has 0 atom stereocenters. The molecule has 118 valence electrons. The summed E-state index contributed by atoms with van der Waals surface area (Å²) >= 11 is 5.88. The van der Waals surface area contributed by atoms with Crippen LogP contribution in [0.2, 0.25) is 5.02 Å². The number of anilines is 1. The van der Waals surface area contributed by atoms with Gasteiger partial charge in [0.05, 0.1) is 19.1 Å². The van der Waals surface area contributed by atoms with E-state index in [4.69, 9.17) is 21.4 Å². The molecule has 0 saturated carbocycles. The van der Waals surface area contributed by atoms with E-state index in [0.717, 1.165) is 5.69 Å². The molecule has 5 nitrogen and oxygen atoms in total. The van der Waals surface area contributed by atoms with Gasteiger partial charge < -0.3 is 9.64 Å². The van der Waals surface area contributed by atoms with Crippen molar-refractivity contribution in [3.05, 3.63) is 29.3 Å². The van der Waals surface area contributed by atoms with E-state index in [-0.39, 0.29) is 19.1 Å². The maximum atomic E-state index is 11.3. The zero-order chi connectivity index (χ0) is 15.9. The fourth-order valence-corrected chi connectivity index (χ4v) is 1.64. The van der Waals surface area contributed by atoms with E-state index in [9.17, 15) is 4.79 Å². The maximum Gasteiger partial charge on any atom is 0.307 e. The first-order valence-corrected chi connectivity index (χ1v) is 7.07. The minimum absolute atomic E-state index is 0.204. The van der Waals surface area contributed by atoms with Crippen molar-refractivity contribution >= 4 is 23.3 Å². The first kappa shape index (κ1) is 17.8. The molecule has 0 unspecified atom stereocenters. The monoisotopic (exact) mass is 315 g/mol. The SMILES string of the molecule is COC(=O)CCN(COOC(C)(C)C)c1ccc(Cl)cc1. The van der Waals surface area contributed by atoms with Crippen LogP contribution in [0.1, 0.15) is 27.2 Å². The number of carbonyl (C=O) groups is 1. The average Bonchev–Trinajstić information content (AvgIpc) is 2.42. The number of nitrogens with zero attached hydrogens (tertiary/aromatic N) is 1. The molecule has 1 rings (SSSR count). The van der Waals surface area contributed by atoms with Crippen molar-refractivity contribution < 1.29 is 19.3 Å². The van der Waals surface area contributed by atoms with Crippen LogP contribution in [-0.4, -0.2) is 32.0 Å². The van der Waals surface area contributed by atoms with Gasteiger partial charge in [0.2, 0.25) is 0 Å². The smallest absolute Gasteiger partial charge is 0.307 e. The van der Waals surface area contributed by atoms with Crippen molar-refractivity contribution in [3.8, 4) is 0 Å². The number of benzene rings is 1. The van der Waals surface area contributed by atoms with Gasteiger partial charge in [0.15, 0.2) is 6.73 Å². The number of halogens is 1. The first-order chi connectivity index (χ1) is 9.81. The topological polar surface area (TPSA) is 48.0 Å². The molecular formula is C15H22ClNO4. The normalized spacial score (nSPS) is 11.3. The number of rotatable bonds is 7. The Labute approximate surface area is 130 Å². The quantitative estimate of drug-likeness (QED) is 0.334. The molecule has 0 amide bonds. The van der Waals surface area contributed by atoms with Gasteiger partial charge in [0.25, 0.3) is 0 Å². The van der Waals surface area contributed by atoms with E-state index in [1.54, 1.807) is 12.1 Å². The summed E-state index contributed by atoms with van der Waals surface area (Å²) < 4.78 is 4.66. The van der Waals surface area contributed by atoms with Crippen LogP contribution in [-0.2, 0) is 19.3 Å². The van der Waals surface area contributed by atoms with Crippen LogP contribution in [0.5, 0.6) is 0 Å². The van der Waals surface area contributed by atoms with E-state index in [0.29, 0.717) is 11.6 Å². The molecule has 0 aliphatic heterocycles. The Morgan fingerprint density at radius 3 is 2.38 bits per heavy atom. The van der Waals surface area contributed by atoms with Crippen molar-refractivity contribution in [3.63, 3.8) is 0 Å². The van der Waals surface area contributed by atoms with Gasteiger partial charge in [-0.1, -0.05) is 11.6 Å². The second kappa shape index (κ2) is 8.22. The average molecular weight is 316 g/mol. The van der Waals surface area contributed by atoms with E-state index in [1.807, 2.05) is 37.8 Å². The van der Waals surface area contributed by atoms with E-state index in [2.05, 4.69) is 4.74 Å². The zero-order valence-electron chi connectivity index (χ0n) is 12.9. The van der Waals surface area contributed by atoms with Crippen LogP contribution >= 0.6 is 11.6 Å². The third-order valence-corrected chi connectivity index (χ3v) is 2.77. The predicted molar refractivity (Wildman–Crippen MR) is 82.2 cm³/mol. The molecule has 0 bridgehead atoms. The van der Waals surface area contributed by atoms with Gasteiger partial charge in [0.1, 0.15) is 0 Å². The van der Waals surface area contributed by atoms with Crippen LogP contribution in [0.3, 0.4) is 0 Å². The van der Waals surface area contributed by atoms with Gasteiger partial charge in [-0.2, -0.15) is 0 Å². The van der Waals surface area contributed by atoms with Crippen LogP contribution in [0.25, 0.3) is 0 Å². The lowest BCUT2D eigenvalue weighted by Crippen LogP contribution is -2.31. The molecule has 0 aliphatic rings. The highest BCUT2D eigenvalue weighted by Gasteiger charge is 2.14. The highest BCUT2D eigenvalue weighted by Crippen LogP contribution is 2.19. The van der Waals surface area contributed by atoms with Gasteiger partial charge in [-0.3, -0.25) is 4.79 Å². The van der Waals surface area contributed by atoms with Crippen LogP contribution in [0.4, 0.5) is 5.69 Å². The largest absolute Gasteiger partial charge is 0.469 e. The minimum atomic E-state index is -0.395. The fourth-order valence-electron chi connectivity index (χ4n) is 1.52. The summed E-state index contributed by atoms with van der Waals surface area (Å²) in [6.45, 7) is 6.36. The summed E-state index contributed by atoms with van der Waals surface area (Å²) in [4.78, 5) is 23.7. The van der Waals surface area contributed by atoms with E-state index in [1.165, 1.54) is 7.11 Å². The standard InChI is InChI=1S/C15H22ClNO4/c1-15(2,3)21-20-11-17(10-9-14(18)19-4)13-7-5-12(16)6-8-13/h5-8H,9-11H2,1-4H3. The molecule has 21 heavy (non-hydrogen) atoms. The van der Waals surface area contributed by atoms with E-state index < -0.39 is 5.60 Å². The fraction of sp³-hybridized carbons (Fsp3) is 0.533. The first-order valence-electron chi connectivity index (χ1n) is 6.70. The summed E-state index contributed by atoms with van der Waals surface area (Å²) in [5, 5.41) is 0.651. The van der Waals surface area contributed by atoms with Crippen molar-refractivity contribution in [2.45, 2.75) is 32.8 Å². The predicted octanol–water partition coefficient (Wildman–Crippen LogP) is 3.41. The van der Waals surface area contributed by atoms with Gasteiger partial charge in [-0.05, 0) is 45.0 Å². The molecule has 0 fully saturated rings. The lowest BCUT2D eigenvalue weighted by atomic mass is 10.2. The summed E-state index contributed by atoms with van der Waals surface area (Å²) in [7, 11) is 1.37. The van der Waals surface area contributed by atoms with Gasteiger partial charge >= 0.3 is 5.97 Å². The lowest BCUT2D eigenvalue weighted by molar-refractivity contribution is -0.347. The summed E-state index contributed by atoms with van der Waals surface area (Å²) in [6.07, 6.45) is 0.262. The van der Waals surface area contributed by atoms with Crippen molar-refractivity contribution in [2.75, 3.05) is 25.3 Å². The van der Waals surface area contributed by atoms with Gasteiger partial charge in [-0.15, -0.1) is 0 Å². The third kappa shape index (κ3) is 7.32. The Bertz CT molecular complexity index is 442. The number of hydrogen-bond donors (Lipinski definition) is 0. The third-order valence-electron chi connectivity index (χ3n) is 2.52. The zero-order valence-corrected chi connectivity index (χ0v) is 13.6. The molecule has 0 aliphatic carbocycles. The Kier molecular flexibility index (Phi) is 6.95. The van der Waals surface area contributed by atoms with Gasteiger partial charge in [-0.25, -0.2) is 9.78 Å². The van der Waals surface area contributed by atoms with Crippen LogP contribution in [0, 0.1) is 0 Å². The Hall–Kier alpha value is -1.30. The van der Waals surface area contributed by atoms with E-state index >= 15 is 0 Å². The van der Waals surface area contributed by atoms with Crippen molar-refractivity contribution in [2.24, 2.45) is 0 Å². The molecule has 0 heterocycles. The number of carbonyl (C=O) groups excluding carboxylic acids is 1. The molecule has 0 N–H and O–H groups in total. The molecular weight excluding hydrogens is 294 g/mol. The van der Waals surface area contributed by atoms with Gasteiger partial charge in [0, 0.05) is 17.3 Å². The number of methoxy groups -OCH3 is 1. The molecule has 1 aromatic carbocycles. The molecule has 6 heteroatoms. The highest BCUT2D eigenvalue weighted by molar-refractivity contribution is 6.30. The molecule has 1 aromatic rings. The second-order valence-electron chi connectivity index (χ2n) is 5.51. The van der Waals surface area contributed by atoms with Crippen LogP contribution in [0.15, 0.2) is 24.3 Å². The molecule has 0 spiro atoms.